The van der Waals surface area contributed by atoms with E-state index < -0.39 is 23.6 Å². The monoisotopic (exact) mass is 551 g/mol. The van der Waals surface area contributed by atoms with Crippen LogP contribution < -0.4 is 16.0 Å². The first-order valence-electron chi connectivity index (χ1n) is 13.4. The summed E-state index contributed by atoms with van der Waals surface area (Å²) in [4.78, 5) is 33.2. The molecule has 1 aromatic heterocycles. The van der Waals surface area contributed by atoms with Gasteiger partial charge in [0.25, 0.3) is 5.91 Å². The van der Waals surface area contributed by atoms with Crippen molar-refractivity contribution in [2.24, 2.45) is 5.73 Å². The average Bonchev–Trinajstić information content (AvgIpc) is 3.61. The lowest BCUT2D eigenvalue weighted by atomic mass is 9.92. The minimum atomic E-state index is -4.52. The zero-order valence-electron chi connectivity index (χ0n) is 22.3. The van der Waals surface area contributed by atoms with E-state index in [1.807, 2.05) is 19.1 Å². The average molecular weight is 552 g/mol. The van der Waals surface area contributed by atoms with E-state index in [-0.39, 0.29) is 11.6 Å². The third kappa shape index (κ3) is 6.28. The lowest BCUT2D eigenvalue weighted by Crippen LogP contribution is -2.21. The number of aryl methyl sites for hydroxylation is 1. The minimum Gasteiger partial charge on any atom is -0.370 e. The molecule has 5 rings (SSSR count). The highest BCUT2D eigenvalue weighted by atomic mass is 19.4. The summed E-state index contributed by atoms with van der Waals surface area (Å²) in [6.07, 6.45) is 1.52. The number of likely N-dealkylation sites (tertiary alicyclic amines) is 1. The largest absolute Gasteiger partial charge is 0.416 e. The number of alkyl halides is 3. The molecular formula is C30H32F3N5O2. The van der Waals surface area contributed by atoms with Gasteiger partial charge in [0.2, 0.25) is 5.91 Å². The Bertz CT molecular complexity index is 1420. The van der Waals surface area contributed by atoms with Crippen LogP contribution in [0.15, 0.2) is 54.9 Å². The summed E-state index contributed by atoms with van der Waals surface area (Å²) in [5, 5.41) is 2.70. The van der Waals surface area contributed by atoms with Crippen molar-refractivity contribution in [1.29, 1.82) is 0 Å². The van der Waals surface area contributed by atoms with Crippen LogP contribution in [-0.4, -0.2) is 47.9 Å². The van der Waals surface area contributed by atoms with Crippen molar-refractivity contribution in [1.82, 2.24) is 9.88 Å². The number of amides is 2. The van der Waals surface area contributed by atoms with Gasteiger partial charge in [-0.1, -0.05) is 6.07 Å². The van der Waals surface area contributed by atoms with Gasteiger partial charge in [-0.2, -0.15) is 13.2 Å². The van der Waals surface area contributed by atoms with Crippen LogP contribution in [0.5, 0.6) is 0 Å². The number of carbonyl (C=O) groups is 2. The summed E-state index contributed by atoms with van der Waals surface area (Å²) in [5.74, 6) is -0.866. The molecule has 210 valence electrons. The van der Waals surface area contributed by atoms with E-state index in [2.05, 4.69) is 20.1 Å². The molecule has 3 N–H and O–H groups in total. The molecule has 2 aromatic carbocycles. The normalized spacial score (nSPS) is 17.8. The molecule has 10 heteroatoms. The van der Waals surface area contributed by atoms with E-state index in [1.165, 1.54) is 12.3 Å². The Hall–Kier alpha value is -3.92. The second-order valence-corrected chi connectivity index (χ2v) is 10.7. The predicted molar refractivity (Wildman–Crippen MR) is 147 cm³/mol. The molecule has 7 nitrogen and oxygen atoms in total. The fourth-order valence-electron chi connectivity index (χ4n) is 5.63. The third-order valence-corrected chi connectivity index (χ3v) is 7.73. The number of nitrogens with one attached hydrogen (secondary N) is 1. The molecule has 0 saturated carbocycles. The van der Waals surface area contributed by atoms with E-state index >= 15 is 0 Å². The number of anilines is 2. The zero-order chi connectivity index (χ0) is 28.4. The number of nitrogens with zero attached hydrogens (tertiary/aromatic N) is 3. The Morgan fingerprint density at radius 3 is 2.52 bits per heavy atom. The molecule has 2 fully saturated rings. The van der Waals surface area contributed by atoms with Crippen molar-refractivity contribution >= 4 is 23.2 Å². The summed E-state index contributed by atoms with van der Waals surface area (Å²) in [6, 6.07) is 10.9. The molecule has 3 aromatic rings. The van der Waals surface area contributed by atoms with Crippen LogP contribution in [0.4, 0.5) is 24.5 Å². The van der Waals surface area contributed by atoms with Gasteiger partial charge in [0, 0.05) is 43.0 Å². The highest BCUT2D eigenvalue weighted by Crippen LogP contribution is 2.34. The number of rotatable bonds is 7. The van der Waals surface area contributed by atoms with Crippen LogP contribution in [0.3, 0.4) is 0 Å². The molecule has 2 saturated heterocycles. The Labute approximate surface area is 231 Å². The number of primary amides is 1. The van der Waals surface area contributed by atoms with E-state index in [0.29, 0.717) is 29.8 Å². The summed E-state index contributed by atoms with van der Waals surface area (Å²) in [5.41, 5.74) is 8.85. The maximum absolute atomic E-state index is 13.7. The Kier molecular flexibility index (Phi) is 7.80. The molecule has 0 aliphatic carbocycles. The Morgan fingerprint density at radius 1 is 1.02 bits per heavy atom. The Balaban J connectivity index is 1.34. The molecule has 2 aliphatic rings. The van der Waals surface area contributed by atoms with Gasteiger partial charge in [-0.3, -0.25) is 19.5 Å². The Morgan fingerprint density at radius 2 is 1.80 bits per heavy atom. The molecular weight excluding hydrogens is 519 g/mol. The molecule has 3 heterocycles. The highest BCUT2D eigenvalue weighted by Gasteiger charge is 2.32. The van der Waals surface area contributed by atoms with Gasteiger partial charge in [-0.05, 0) is 92.4 Å². The first-order chi connectivity index (χ1) is 19.1. The van der Waals surface area contributed by atoms with Crippen molar-refractivity contribution in [3.8, 4) is 0 Å². The van der Waals surface area contributed by atoms with Gasteiger partial charge >= 0.3 is 6.18 Å². The van der Waals surface area contributed by atoms with Gasteiger partial charge in [-0.25, -0.2) is 0 Å². The summed E-state index contributed by atoms with van der Waals surface area (Å²) in [6.45, 7) is 5.52. The van der Waals surface area contributed by atoms with Crippen LogP contribution >= 0.6 is 0 Å². The number of aromatic nitrogens is 1. The number of hydrogen-bond donors (Lipinski definition) is 2. The van der Waals surface area contributed by atoms with Crippen LogP contribution in [0.1, 0.15) is 68.2 Å². The van der Waals surface area contributed by atoms with Gasteiger partial charge in [-0.15, -0.1) is 0 Å². The summed E-state index contributed by atoms with van der Waals surface area (Å²) >= 11 is 0. The number of benzene rings is 2. The zero-order valence-corrected chi connectivity index (χ0v) is 22.3. The van der Waals surface area contributed by atoms with Crippen molar-refractivity contribution in [3.05, 3.63) is 88.2 Å². The van der Waals surface area contributed by atoms with Crippen molar-refractivity contribution in [3.63, 3.8) is 0 Å². The molecule has 2 aliphatic heterocycles. The lowest BCUT2D eigenvalue weighted by Gasteiger charge is -2.20. The summed E-state index contributed by atoms with van der Waals surface area (Å²) < 4.78 is 41.0. The second kappa shape index (κ2) is 11.3. The van der Waals surface area contributed by atoms with Crippen LogP contribution in [0.2, 0.25) is 0 Å². The van der Waals surface area contributed by atoms with Crippen molar-refractivity contribution < 1.29 is 22.8 Å². The fraction of sp³-hybridized carbons (Fsp3) is 0.367. The molecule has 0 spiro atoms. The molecule has 1 atom stereocenters. The SMILES string of the molecule is Cc1ccc(C(=O)Nc2cc(CN3CCCC3)cc(C(F)(F)F)c2)cc1[C@@H]1CCN(c2cncc(C(N)=O)c2)C1. The van der Waals surface area contributed by atoms with Crippen molar-refractivity contribution in [2.45, 2.75) is 44.8 Å². The van der Waals surface area contributed by atoms with Crippen LogP contribution in [0, 0.1) is 6.92 Å². The van der Waals surface area contributed by atoms with Gasteiger partial charge < -0.3 is 16.0 Å². The lowest BCUT2D eigenvalue weighted by molar-refractivity contribution is -0.137. The predicted octanol–water partition coefficient (Wildman–Crippen LogP) is 5.35. The number of hydrogen-bond acceptors (Lipinski definition) is 5. The van der Waals surface area contributed by atoms with Gasteiger partial charge in [0.15, 0.2) is 0 Å². The van der Waals surface area contributed by atoms with E-state index in [4.69, 9.17) is 5.73 Å². The van der Waals surface area contributed by atoms with Crippen LogP contribution in [0.25, 0.3) is 0 Å². The maximum atomic E-state index is 13.7. The van der Waals surface area contributed by atoms with Gasteiger partial charge in [0.05, 0.1) is 23.0 Å². The number of nitrogens with two attached hydrogens (primary N) is 1. The number of pyridine rings is 1. The maximum Gasteiger partial charge on any atom is 0.416 e. The van der Waals surface area contributed by atoms with Crippen LogP contribution in [-0.2, 0) is 12.7 Å². The van der Waals surface area contributed by atoms with Crippen molar-refractivity contribution in [2.75, 3.05) is 36.4 Å². The number of carbonyl (C=O) groups excluding carboxylic acids is 2. The first-order valence-corrected chi connectivity index (χ1v) is 13.4. The quantitative estimate of drug-likeness (QED) is 0.413. The van der Waals surface area contributed by atoms with E-state index in [1.54, 1.807) is 24.4 Å². The first kappa shape index (κ1) is 27.6. The molecule has 40 heavy (non-hydrogen) atoms. The van der Waals surface area contributed by atoms with Gasteiger partial charge in [0.1, 0.15) is 0 Å². The van der Waals surface area contributed by atoms with E-state index in [9.17, 15) is 22.8 Å². The third-order valence-electron chi connectivity index (χ3n) is 7.73. The highest BCUT2D eigenvalue weighted by molar-refractivity contribution is 6.04. The molecule has 0 unspecified atom stereocenters. The topological polar surface area (TPSA) is 91.6 Å². The smallest absolute Gasteiger partial charge is 0.370 e. The summed E-state index contributed by atoms with van der Waals surface area (Å²) in [7, 11) is 0. The van der Waals surface area contributed by atoms with E-state index in [0.717, 1.165) is 61.8 Å². The fourth-order valence-corrected chi connectivity index (χ4v) is 5.63. The standard InChI is InChI=1S/C30H32F3N5O2/c1-19-4-5-21(13-27(19)22-6-9-38(18-22)26-12-23(28(34)39)15-35-16-26)29(40)36-25-11-20(17-37-7-2-3-8-37)10-24(14-25)30(31,32)33/h4-5,10-16,22H,2-3,6-9,17-18H2,1H3,(H2,34,39)(H,36,40)/t22-/m1/s1. The minimum absolute atomic E-state index is 0.130. The molecule has 0 radical (unpaired) electrons. The molecule has 2 amide bonds. The number of halogens is 3. The molecule has 0 bridgehead atoms. The second-order valence-electron chi connectivity index (χ2n) is 10.7.